The Morgan fingerprint density at radius 2 is 2.00 bits per heavy atom. The van der Waals surface area contributed by atoms with E-state index in [0.717, 1.165) is 36.3 Å². The Morgan fingerprint density at radius 1 is 1.27 bits per heavy atom. The Balaban J connectivity index is 1.85. The van der Waals surface area contributed by atoms with Gasteiger partial charge in [0, 0.05) is 24.2 Å². The summed E-state index contributed by atoms with van der Waals surface area (Å²) in [6, 6.07) is 2.82. The lowest BCUT2D eigenvalue weighted by Gasteiger charge is -2.23. The maximum Gasteiger partial charge on any atom is 0.158 e. The van der Waals surface area contributed by atoms with Crippen LogP contribution < -0.4 is 5.32 Å². The normalized spacial score (nSPS) is 22.1. The van der Waals surface area contributed by atoms with Gasteiger partial charge in [0.1, 0.15) is 5.52 Å². The van der Waals surface area contributed by atoms with Crippen LogP contribution in [0.5, 0.6) is 0 Å². The van der Waals surface area contributed by atoms with Crippen LogP contribution in [0.2, 0.25) is 0 Å². The van der Waals surface area contributed by atoms with Crippen LogP contribution in [0.3, 0.4) is 0 Å². The SMILES string of the molecule is CC(C)OCC1CCCCC(c2cnc3cc(C(C)(C)C)n(C)c3n2)N1. The minimum absolute atomic E-state index is 0.0805. The molecule has 144 valence electrons. The number of hydrogen-bond donors (Lipinski definition) is 1. The Morgan fingerprint density at radius 3 is 2.69 bits per heavy atom. The number of rotatable bonds is 4. The molecule has 2 aromatic rings. The van der Waals surface area contributed by atoms with Gasteiger partial charge in [-0.2, -0.15) is 0 Å². The van der Waals surface area contributed by atoms with E-state index in [0.29, 0.717) is 6.04 Å². The summed E-state index contributed by atoms with van der Waals surface area (Å²) < 4.78 is 8.04. The lowest BCUT2D eigenvalue weighted by Crippen LogP contribution is -2.36. The molecule has 0 radical (unpaired) electrons. The highest BCUT2D eigenvalue weighted by atomic mass is 16.5. The molecule has 2 aromatic heterocycles. The molecule has 2 atom stereocenters. The fraction of sp³-hybridized carbons (Fsp3) is 0.714. The van der Waals surface area contributed by atoms with Gasteiger partial charge in [0.15, 0.2) is 5.65 Å². The van der Waals surface area contributed by atoms with Crippen LogP contribution in [0.4, 0.5) is 0 Å². The van der Waals surface area contributed by atoms with Gasteiger partial charge in [0.05, 0.1) is 30.6 Å². The number of ether oxygens (including phenoxy) is 1. The molecule has 26 heavy (non-hydrogen) atoms. The first-order valence-corrected chi connectivity index (χ1v) is 9.96. The van der Waals surface area contributed by atoms with Crippen LogP contribution in [0.1, 0.15) is 77.7 Å². The van der Waals surface area contributed by atoms with Crippen molar-refractivity contribution in [1.29, 1.82) is 0 Å². The Labute approximate surface area is 157 Å². The molecule has 1 N–H and O–H groups in total. The van der Waals surface area contributed by atoms with Gasteiger partial charge in [-0.25, -0.2) is 4.98 Å². The number of aromatic nitrogens is 3. The van der Waals surface area contributed by atoms with E-state index in [2.05, 4.69) is 57.6 Å². The van der Waals surface area contributed by atoms with Gasteiger partial charge in [0.25, 0.3) is 0 Å². The second-order valence-electron chi connectivity index (χ2n) is 8.93. The van der Waals surface area contributed by atoms with Crippen molar-refractivity contribution in [3.63, 3.8) is 0 Å². The van der Waals surface area contributed by atoms with Gasteiger partial charge >= 0.3 is 0 Å². The fourth-order valence-electron chi connectivity index (χ4n) is 3.84. The van der Waals surface area contributed by atoms with Gasteiger partial charge in [-0.3, -0.25) is 4.98 Å². The van der Waals surface area contributed by atoms with Crippen molar-refractivity contribution in [3.8, 4) is 0 Å². The first-order chi connectivity index (χ1) is 12.3. The van der Waals surface area contributed by atoms with Gasteiger partial charge in [0.2, 0.25) is 0 Å². The molecule has 0 spiro atoms. The maximum atomic E-state index is 5.85. The second kappa shape index (κ2) is 7.65. The molecule has 1 saturated heterocycles. The molecule has 5 nitrogen and oxygen atoms in total. The molecule has 0 aromatic carbocycles. The number of nitrogens with one attached hydrogen (secondary N) is 1. The van der Waals surface area contributed by atoms with Crippen LogP contribution in [0.15, 0.2) is 12.3 Å². The summed E-state index contributed by atoms with van der Waals surface area (Å²) in [5, 5.41) is 3.77. The van der Waals surface area contributed by atoms with Crippen LogP contribution in [-0.2, 0) is 17.2 Å². The molecule has 3 rings (SSSR count). The monoisotopic (exact) mass is 358 g/mol. The van der Waals surface area contributed by atoms with Crippen LogP contribution >= 0.6 is 0 Å². The topological polar surface area (TPSA) is 52.0 Å². The van der Waals surface area contributed by atoms with E-state index in [9.17, 15) is 0 Å². The lowest BCUT2D eigenvalue weighted by molar-refractivity contribution is 0.0581. The van der Waals surface area contributed by atoms with E-state index in [1.807, 2.05) is 6.20 Å². The van der Waals surface area contributed by atoms with Gasteiger partial charge in [-0.15, -0.1) is 0 Å². The first-order valence-electron chi connectivity index (χ1n) is 9.96. The summed E-state index contributed by atoms with van der Waals surface area (Å²) in [7, 11) is 2.10. The zero-order valence-corrected chi connectivity index (χ0v) is 17.2. The number of nitrogens with zero attached hydrogens (tertiary/aromatic N) is 3. The molecule has 0 bridgehead atoms. The summed E-state index contributed by atoms with van der Waals surface area (Å²) in [5.74, 6) is 0. The number of fused-ring (bicyclic) bond motifs is 1. The quantitative estimate of drug-likeness (QED) is 0.887. The van der Waals surface area contributed by atoms with E-state index in [-0.39, 0.29) is 17.6 Å². The maximum absolute atomic E-state index is 5.85. The summed E-state index contributed by atoms with van der Waals surface area (Å²) in [6.07, 6.45) is 6.96. The van der Waals surface area contributed by atoms with Crippen molar-refractivity contribution in [2.75, 3.05) is 6.61 Å². The van der Waals surface area contributed by atoms with E-state index in [4.69, 9.17) is 14.7 Å². The predicted molar refractivity (Wildman–Crippen MR) is 106 cm³/mol. The zero-order chi connectivity index (χ0) is 18.9. The van der Waals surface area contributed by atoms with E-state index in [1.165, 1.54) is 18.5 Å². The van der Waals surface area contributed by atoms with Crippen LogP contribution in [0.25, 0.3) is 11.2 Å². The zero-order valence-electron chi connectivity index (χ0n) is 17.2. The van der Waals surface area contributed by atoms with Crippen molar-refractivity contribution in [3.05, 3.63) is 23.7 Å². The summed E-state index contributed by atoms with van der Waals surface area (Å²) in [4.78, 5) is 9.73. The Kier molecular flexibility index (Phi) is 5.68. The highest BCUT2D eigenvalue weighted by molar-refractivity contribution is 5.73. The van der Waals surface area contributed by atoms with Crippen LogP contribution in [0, 0.1) is 0 Å². The summed E-state index contributed by atoms with van der Waals surface area (Å²) in [6.45, 7) is 11.6. The molecule has 1 fully saturated rings. The fourth-order valence-corrected chi connectivity index (χ4v) is 3.84. The van der Waals surface area contributed by atoms with E-state index in [1.54, 1.807) is 0 Å². The third-order valence-corrected chi connectivity index (χ3v) is 5.24. The molecular formula is C21H34N4O. The van der Waals surface area contributed by atoms with Gasteiger partial charge < -0.3 is 14.6 Å². The Hall–Kier alpha value is -1.46. The molecule has 1 aliphatic rings. The highest BCUT2D eigenvalue weighted by Crippen LogP contribution is 2.29. The van der Waals surface area contributed by atoms with E-state index < -0.39 is 0 Å². The Bertz CT molecular complexity index is 744. The van der Waals surface area contributed by atoms with Gasteiger partial charge in [-0.1, -0.05) is 33.6 Å². The first kappa shape index (κ1) is 19.3. The predicted octanol–water partition coefficient (Wildman–Crippen LogP) is 4.26. The summed E-state index contributed by atoms with van der Waals surface area (Å²) in [5.41, 5.74) is 4.36. The average Bonchev–Trinajstić information content (AvgIpc) is 2.76. The summed E-state index contributed by atoms with van der Waals surface area (Å²) >= 11 is 0. The van der Waals surface area contributed by atoms with Crippen molar-refractivity contribution < 1.29 is 4.74 Å². The third kappa shape index (κ3) is 4.26. The standard InChI is InChI=1S/C21H34N4O/c1-14(2)26-13-15-9-7-8-10-16(23-15)18-12-22-17-11-19(21(3,4)5)25(6)20(17)24-18/h11-12,14-16,23H,7-10,13H2,1-6H3. The minimum Gasteiger partial charge on any atom is -0.377 e. The van der Waals surface area contributed by atoms with Gasteiger partial charge in [-0.05, 0) is 32.8 Å². The molecule has 0 saturated carbocycles. The molecule has 0 amide bonds. The smallest absolute Gasteiger partial charge is 0.158 e. The minimum atomic E-state index is 0.0805. The van der Waals surface area contributed by atoms with Crippen molar-refractivity contribution in [1.82, 2.24) is 19.9 Å². The second-order valence-corrected chi connectivity index (χ2v) is 8.93. The molecular weight excluding hydrogens is 324 g/mol. The molecule has 5 heteroatoms. The molecule has 0 aliphatic carbocycles. The number of aryl methyl sites for hydroxylation is 1. The average molecular weight is 359 g/mol. The van der Waals surface area contributed by atoms with Crippen molar-refractivity contribution in [2.45, 2.75) is 83.9 Å². The highest BCUT2D eigenvalue weighted by Gasteiger charge is 2.24. The van der Waals surface area contributed by atoms with Crippen molar-refractivity contribution in [2.24, 2.45) is 7.05 Å². The lowest BCUT2D eigenvalue weighted by atomic mass is 9.92. The largest absolute Gasteiger partial charge is 0.377 e. The van der Waals surface area contributed by atoms with Crippen molar-refractivity contribution >= 4 is 11.2 Å². The van der Waals surface area contributed by atoms with E-state index >= 15 is 0 Å². The molecule has 2 unspecified atom stereocenters. The molecule has 3 heterocycles. The number of hydrogen-bond acceptors (Lipinski definition) is 4. The third-order valence-electron chi connectivity index (χ3n) is 5.24. The van der Waals surface area contributed by atoms with Crippen LogP contribution in [-0.4, -0.2) is 33.3 Å². The molecule has 1 aliphatic heterocycles.